The van der Waals surface area contributed by atoms with Crippen molar-refractivity contribution >= 4 is 34.8 Å². The molecule has 17 heavy (non-hydrogen) atoms. The smallest absolute Gasteiger partial charge is 0.224 e. The lowest BCUT2D eigenvalue weighted by atomic mass is 10.2. The molecule has 0 spiro atoms. The Balaban J connectivity index is 2.65. The van der Waals surface area contributed by atoms with E-state index in [0.717, 1.165) is 5.56 Å². The molecule has 0 aliphatic rings. The maximum atomic E-state index is 11.6. The van der Waals surface area contributed by atoms with E-state index in [1.807, 2.05) is 6.92 Å². The first-order valence-electron chi connectivity index (χ1n) is 5.16. The van der Waals surface area contributed by atoms with Crippen molar-refractivity contribution in [3.8, 4) is 0 Å². The van der Waals surface area contributed by atoms with Crippen molar-refractivity contribution in [2.24, 2.45) is 0 Å². The molecule has 0 fully saturated rings. The van der Waals surface area contributed by atoms with Gasteiger partial charge >= 0.3 is 0 Å². The highest BCUT2D eigenvalue weighted by Gasteiger charge is 2.10. The Morgan fingerprint density at radius 2 is 2.24 bits per heavy atom. The summed E-state index contributed by atoms with van der Waals surface area (Å²) in [7, 11) is 1.60. The van der Waals surface area contributed by atoms with Gasteiger partial charge in [0.2, 0.25) is 5.91 Å². The standard InChI is InChI=1S/C11H14Cl2N2O2/c1-7-6-8(12)14-11(13)10(7)15-9(16)4-3-5-17-2/h6H,3-5H2,1-2H3,(H,15,16). The van der Waals surface area contributed by atoms with Crippen LogP contribution in [0.25, 0.3) is 0 Å². The molecule has 1 N–H and O–H groups in total. The minimum Gasteiger partial charge on any atom is -0.385 e. The third-order valence-electron chi connectivity index (χ3n) is 2.16. The fourth-order valence-electron chi connectivity index (χ4n) is 1.32. The Morgan fingerprint density at radius 3 is 2.82 bits per heavy atom. The molecule has 0 aromatic carbocycles. The Morgan fingerprint density at radius 1 is 1.53 bits per heavy atom. The molecule has 0 bridgehead atoms. The lowest BCUT2D eigenvalue weighted by Crippen LogP contribution is -2.13. The topological polar surface area (TPSA) is 51.2 Å². The largest absolute Gasteiger partial charge is 0.385 e. The molecule has 1 amide bonds. The van der Waals surface area contributed by atoms with Gasteiger partial charge in [-0.15, -0.1) is 0 Å². The van der Waals surface area contributed by atoms with Crippen molar-refractivity contribution in [1.29, 1.82) is 0 Å². The first-order chi connectivity index (χ1) is 8.04. The molecule has 1 aromatic rings. The van der Waals surface area contributed by atoms with Crippen LogP contribution in [0.2, 0.25) is 10.3 Å². The zero-order valence-electron chi connectivity index (χ0n) is 9.72. The molecule has 0 unspecified atom stereocenters. The summed E-state index contributed by atoms with van der Waals surface area (Å²) in [6, 6.07) is 1.65. The summed E-state index contributed by atoms with van der Waals surface area (Å²) in [5.41, 5.74) is 1.30. The monoisotopic (exact) mass is 276 g/mol. The molecule has 1 aromatic heterocycles. The van der Waals surface area contributed by atoms with Gasteiger partial charge in [-0.25, -0.2) is 4.98 Å². The van der Waals surface area contributed by atoms with Gasteiger partial charge in [0.05, 0.1) is 5.69 Å². The minimum absolute atomic E-state index is 0.115. The second-order valence-corrected chi connectivity index (χ2v) is 4.32. The summed E-state index contributed by atoms with van der Waals surface area (Å²) < 4.78 is 4.87. The van der Waals surface area contributed by atoms with Crippen molar-refractivity contribution in [2.75, 3.05) is 19.0 Å². The third kappa shape index (κ3) is 4.50. The highest BCUT2D eigenvalue weighted by molar-refractivity contribution is 6.34. The molecule has 0 saturated heterocycles. The van der Waals surface area contributed by atoms with Crippen LogP contribution in [0.4, 0.5) is 5.69 Å². The molecule has 0 saturated carbocycles. The zero-order valence-corrected chi connectivity index (χ0v) is 11.2. The van der Waals surface area contributed by atoms with Gasteiger partial charge in [-0.05, 0) is 25.0 Å². The van der Waals surface area contributed by atoms with E-state index in [1.165, 1.54) is 0 Å². The number of methoxy groups -OCH3 is 1. The number of anilines is 1. The van der Waals surface area contributed by atoms with Gasteiger partial charge in [0.25, 0.3) is 0 Å². The number of carbonyl (C=O) groups is 1. The quantitative estimate of drug-likeness (QED) is 0.664. The van der Waals surface area contributed by atoms with Crippen LogP contribution in [0.3, 0.4) is 0 Å². The van der Waals surface area contributed by atoms with E-state index in [1.54, 1.807) is 13.2 Å². The summed E-state index contributed by atoms with van der Waals surface area (Å²) in [6.45, 7) is 2.36. The van der Waals surface area contributed by atoms with E-state index < -0.39 is 0 Å². The molecule has 1 rings (SSSR count). The number of hydrogen-bond acceptors (Lipinski definition) is 3. The van der Waals surface area contributed by atoms with Crippen LogP contribution in [0.15, 0.2) is 6.07 Å². The van der Waals surface area contributed by atoms with Crippen molar-refractivity contribution < 1.29 is 9.53 Å². The Kier molecular flexibility index (Phi) is 5.68. The zero-order chi connectivity index (χ0) is 12.8. The van der Waals surface area contributed by atoms with Crippen molar-refractivity contribution in [2.45, 2.75) is 19.8 Å². The average molecular weight is 277 g/mol. The number of aromatic nitrogens is 1. The summed E-state index contributed by atoms with van der Waals surface area (Å²) in [5.74, 6) is -0.115. The molecular formula is C11H14Cl2N2O2. The van der Waals surface area contributed by atoms with Gasteiger partial charge in [0, 0.05) is 20.1 Å². The van der Waals surface area contributed by atoms with E-state index in [-0.39, 0.29) is 11.1 Å². The fourth-order valence-corrected chi connectivity index (χ4v) is 1.90. The Labute approximate surface area is 110 Å². The molecule has 6 heteroatoms. The molecule has 0 radical (unpaired) electrons. The van der Waals surface area contributed by atoms with Crippen molar-refractivity contribution in [3.05, 3.63) is 21.9 Å². The van der Waals surface area contributed by atoms with Crippen molar-refractivity contribution in [1.82, 2.24) is 4.98 Å². The van der Waals surface area contributed by atoms with E-state index in [0.29, 0.717) is 30.3 Å². The van der Waals surface area contributed by atoms with Crippen LogP contribution in [0.1, 0.15) is 18.4 Å². The number of nitrogens with zero attached hydrogens (tertiary/aromatic N) is 1. The van der Waals surface area contributed by atoms with Gasteiger partial charge in [-0.1, -0.05) is 23.2 Å². The van der Waals surface area contributed by atoms with Crippen LogP contribution < -0.4 is 5.32 Å². The second-order valence-electron chi connectivity index (χ2n) is 3.57. The minimum atomic E-state index is -0.115. The molecule has 0 aliphatic heterocycles. The molecular weight excluding hydrogens is 263 g/mol. The van der Waals surface area contributed by atoms with Crippen LogP contribution >= 0.6 is 23.2 Å². The lowest BCUT2D eigenvalue weighted by Gasteiger charge is -2.10. The number of nitrogens with one attached hydrogen (secondary N) is 1. The van der Waals surface area contributed by atoms with Crippen LogP contribution in [0.5, 0.6) is 0 Å². The molecule has 94 valence electrons. The summed E-state index contributed by atoms with van der Waals surface area (Å²) in [6.07, 6.45) is 1.05. The molecule has 0 aliphatic carbocycles. The number of carbonyl (C=O) groups excluding carboxylic acids is 1. The van der Waals surface area contributed by atoms with E-state index >= 15 is 0 Å². The fraction of sp³-hybridized carbons (Fsp3) is 0.455. The number of pyridine rings is 1. The number of ether oxygens (including phenoxy) is 1. The van der Waals surface area contributed by atoms with Gasteiger partial charge in [-0.2, -0.15) is 0 Å². The Bertz CT molecular complexity index is 387. The number of amides is 1. The van der Waals surface area contributed by atoms with Crippen LogP contribution in [-0.2, 0) is 9.53 Å². The third-order valence-corrected chi connectivity index (χ3v) is 2.63. The summed E-state index contributed by atoms with van der Waals surface area (Å²) in [4.78, 5) is 15.5. The van der Waals surface area contributed by atoms with E-state index in [2.05, 4.69) is 10.3 Å². The first kappa shape index (κ1) is 14.2. The molecule has 1 heterocycles. The number of aryl methyl sites for hydroxylation is 1. The normalized spacial score (nSPS) is 10.4. The van der Waals surface area contributed by atoms with E-state index in [9.17, 15) is 4.79 Å². The number of hydrogen-bond donors (Lipinski definition) is 1. The van der Waals surface area contributed by atoms with Crippen LogP contribution in [-0.4, -0.2) is 24.6 Å². The highest BCUT2D eigenvalue weighted by Crippen LogP contribution is 2.26. The van der Waals surface area contributed by atoms with Gasteiger partial charge < -0.3 is 10.1 Å². The predicted octanol–water partition coefficient (Wildman–Crippen LogP) is 3.06. The summed E-state index contributed by atoms with van der Waals surface area (Å²) in [5, 5.41) is 3.23. The van der Waals surface area contributed by atoms with Crippen LogP contribution in [0, 0.1) is 6.92 Å². The summed E-state index contributed by atoms with van der Waals surface area (Å²) >= 11 is 11.6. The van der Waals surface area contributed by atoms with Crippen molar-refractivity contribution in [3.63, 3.8) is 0 Å². The predicted molar refractivity (Wildman–Crippen MR) is 68.7 cm³/mol. The Hall–Kier alpha value is -0.840. The number of halogens is 2. The van der Waals surface area contributed by atoms with Gasteiger partial charge in [0.1, 0.15) is 5.15 Å². The molecule has 4 nitrogen and oxygen atoms in total. The van der Waals surface area contributed by atoms with E-state index in [4.69, 9.17) is 27.9 Å². The maximum Gasteiger partial charge on any atom is 0.224 e. The second kappa shape index (κ2) is 6.79. The first-order valence-corrected chi connectivity index (χ1v) is 5.91. The SMILES string of the molecule is COCCCC(=O)Nc1c(C)cc(Cl)nc1Cl. The van der Waals surface area contributed by atoms with Gasteiger partial charge in [0.15, 0.2) is 5.15 Å². The highest BCUT2D eigenvalue weighted by atomic mass is 35.5. The lowest BCUT2D eigenvalue weighted by molar-refractivity contribution is -0.116. The van der Waals surface area contributed by atoms with Gasteiger partial charge in [-0.3, -0.25) is 4.79 Å². The number of rotatable bonds is 5. The average Bonchev–Trinajstić information content (AvgIpc) is 2.24. The molecule has 0 atom stereocenters. The maximum absolute atomic E-state index is 11.6.